The molecular formula is C20H22FN5O3. The topological polar surface area (TPSA) is 119 Å². The number of halogens is 1. The fourth-order valence-electron chi connectivity index (χ4n) is 3.16. The average molecular weight is 399 g/mol. The number of hydrogen-bond acceptors (Lipinski definition) is 6. The van der Waals surface area contributed by atoms with Crippen LogP contribution in [0.3, 0.4) is 0 Å². The van der Waals surface area contributed by atoms with E-state index in [9.17, 15) is 14.4 Å². The van der Waals surface area contributed by atoms with Crippen LogP contribution < -0.4 is 20.7 Å². The molecule has 0 spiro atoms. The predicted octanol–water partition coefficient (Wildman–Crippen LogP) is 3.69. The Morgan fingerprint density at radius 2 is 2.14 bits per heavy atom. The Kier molecular flexibility index (Phi) is 6.02. The van der Waals surface area contributed by atoms with E-state index in [1.54, 1.807) is 38.3 Å². The number of nitrogens with zero attached hydrogens (tertiary/aromatic N) is 2. The maximum absolute atomic E-state index is 14.6. The number of amides is 1. The van der Waals surface area contributed by atoms with Crippen LogP contribution >= 0.6 is 0 Å². The van der Waals surface area contributed by atoms with Gasteiger partial charge in [-0.2, -0.15) is 5.26 Å². The van der Waals surface area contributed by atoms with Gasteiger partial charge in [0.05, 0.1) is 18.7 Å². The van der Waals surface area contributed by atoms with Crippen molar-refractivity contribution in [1.82, 2.24) is 10.3 Å². The van der Waals surface area contributed by atoms with Crippen LogP contribution in [0.15, 0.2) is 30.3 Å². The number of nitrogens with one attached hydrogen (secondary N) is 3. The normalized spacial score (nSPS) is 15.0. The largest absolute Gasteiger partial charge is 0.497 e. The quantitative estimate of drug-likeness (QED) is 0.534. The van der Waals surface area contributed by atoms with Crippen LogP contribution in [0.4, 0.5) is 26.5 Å². The molecule has 1 aromatic heterocycles. The molecule has 152 valence electrons. The number of nitriles is 1. The summed E-state index contributed by atoms with van der Waals surface area (Å²) in [5.41, 5.74) is 0.682. The maximum atomic E-state index is 14.6. The molecule has 2 atom stereocenters. The molecule has 29 heavy (non-hydrogen) atoms. The summed E-state index contributed by atoms with van der Waals surface area (Å²) in [7, 11) is 1.54. The van der Waals surface area contributed by atoms with Gasteiger partial charge in [0, 0.05) is 17.8 Å². The predicted molar refractivity (Wildman–Crippen MR) is 106 cm³/mol. The molecule has 0 bridgehead atoms. The molecule has 9 heteroatoms. The van der Waals surface area contributed by atoms with Gasteiger partial charge in [-0.15, -0.1) is 0 Å². The van der Waals surface area contributed by atoms with E-state index < -0.39 is 18.0 Å². The number of rotatable bonds is 8. The second kappa shape index (κ2) is 8.65. The molecule has 1 fully saturated rings. The zero-order chi connectivity index (χ0) is 21.0. The summed E-state index contributed by atoms with van der Waals surface area (Å²) >= 11 is 0. The molecule has 0 unspecified atom stereocenters. The van der Waals surface area contributed by atoms with Crippen molar-refractivity contribution >= 4 is 23.4 Å². The second-order valence-electron chi connectivity index (χ2n) is 6.93. The summed E-state index contributed by atoms with van der Waals surface area (Å²) < 4.78 is 19.8. The molecule has 1 heterocycles. The lowest BCUT2D eigenvalue weighted by Crippen LogP contribution is -2.45. The van der Waals surface area contributed by atoms with Gasteiger partial charge in [0.1, 0.15) is 11.8 Å². The number of benzene rings is 1. The monoisotopic (exact) mass is 399 g/mol. The highest BCUT2D eigenvalue weighted by Gasteiger charge is 2.36. The average Bonchev–Trinajstić information content (AvgIpc) is 3.52. The van der Waals surface area contributed by atoms with Gasteiger partial charge >= 0.3 is 6.09 Å². The van der Waals surface area contributed by atoms with E-state index in [0.717, 1.165) is 18.9 Å². The maximum Gasteiger partial charge on any atom is 0.404 e. The first-order chi connectivity index (χ1) is 13.9. The number of anilines is 3. The number of ether oxygens (including phenoxy) is 1. The van der Waals surface area contributed by atoms with E-state index in [2.05, 4.69) is 20.9 Å². The molecule has 1 aromatic carbocycles. The van der Waals surface area contributed by atoms with Crippen LogP contribution in [-0.4, -0.2) is 35.4 Å². The molecule has 3 rings (SSSR count). The summed E-state index contributed by atoms with van der Waals surface area (Å²) in [4.78, 5) is 15.3. The van der Waals surface area contributed by atoms with E-state index in [1.807, 2.05) is 6.07 Å². The number of carbonyl (C=O) groups is 1. The number of aromatic nitrogens is 1. The first-order valence-corrected chi connectivity index (χ1v) is 9.19. The molecular weight excluding hydrogens is 377 g/mol. The fourth-order valence-corrected chi connectivity index (χ4v) is 3.16. The summed E-state index contributed by atoms with van der Waals surface area (Å²) in [6.07, 6.45) is 0.713. The molecule has 4 N–H and O–H groups in total. The number of carboxylic acid groups (broad SMARTS) is 1. The minimum absolute atomic E-state index is 0.0367. The number of methoxy groups -OCH3 is 1. The third-order valence-corrected chi connectivity index (χ3v) is 4.75. The van der Waals surface area contributed by atoms with Gasteiger partial charge in [0.2, 0.25) is 0 Å². The zero-order valence-electron chi connectivity index (χ0n) is 16.1. The molecule has 0 aliphatic heterocycles. The Labute approximate surface area is 167 Å². The molecule has 1 aliphatic carbocycles. The van der Waals surface area contributed by atoms with Gasteiger partial charge in [-0.05, 0) is 43.9 Å². The summed E-state index contributed by atoms with van der Waals surface area (Å²) in [5, 5.41) is 26.8. The first kappa shape index (κ1) is 20.2. The molecule has 0 radical (unpaired) electrons. The minimum Gasteiger partial charge on any atom is -0.497 e. The standard InChI is InChI=1S/C20H22FN5O3/c1-11(23-20(27)28)17(12-6-7-12)25-19-16(21)8-13(10-22)18(26-19)24-14-4-3-5-15(9-14)29-2/h3-5,8-9,11-12,17,23H,6-7H2,1-2H3,(H,27,28)(H2,24,25,26)/t11-,17+/m0/s1. The Balaban J connectivity index is 1.88. The lowest BCUT2D eigenvalue weighted by Gasteiger charge is -2.26. The summed E-state index contributed by atoms with van der Waals surface area (Å²) in [5.74, 6) is 0.328. The van der Waals surface area contributed by atoms with Gasteiger partial charge in [-0.1, -0.05) is 6.07 Å². The van der Waals surface area contributed by atoms with E-state index in [-0.39, 0.29) is 29.2 Å². The fraction of sp³-hybridized carbons (Fsp3) is 0.350. The Bertz CT molecular complexity index is 942. The SMILES string of the molecule is COc1cccc(Nc2nc(N[C@@H](C3CC3)[C@H](C)NC(=O)O)c(F)cc2C#N)c1. The molecule has 2 aromatic rings. The van der Waals surface area contributed by atoms with Crippen molar-refractivity contribution in [3.63, 3.8) is 0 Å². The van der Waals surface area contributed by atoms with Crippen LogP contribution in [0.5, 0.6) is 5.75 Å². The lowest BCUT2D eigenvalue weighted by atomic mass is 10.0. The Morgan fingerprint density at radius 3 is 2.76 bits per heavy atom. The van der Waals surface area contributed by atoms with Crippen molar-refractivity contribution in [2.45, 2.75) is 31.8 Å². The van der Waals surface area contributed by atoms with Crippen LogP contribution in [0.2, 0.25) is 0 Å². The number of hydrogen-bond donors (Lipinski definition) is 4. The summed E-state index contributed by atoms with van der Waals surface area (Å²) in [6, 6.07) is 9.34. The van der Waals surface area contributed by atoms with Crippen molar-refractivity contribution in [2.75, 3.05) is 17.7 Å². The van der Waals surface area contributed by atoms with Crippen molar-refractivity contribution < 1.29 is 19.0 Å². The third-order valence-electron chi connectivity index (χ3n) is 4.75. The number of pyridine rings is 1. The van der Waals surface area contributed by atoms with E-state index in [1.165, 1.54) is 0 Å². The lowest BCUT2D eigenvalue weighted by molar-refractivity contribution is 0.188. The van der Waals surface area contributed by atoms with Crippen molar-refractivity contribution in [1.29, 1.82) is 5.26 Å². The van der Waals surface area contributed by atoms with Crippen LogP contribution in [0.1, 0.15) is 25.3 Å². The second-order valence-corrected chi connectivity index (χ2v) is 6.93. The van der Waals surface area contributed by atoms with Gasteiger partial charge in [-0.25, -0.2) is 14.2 Å². The van der Waals surface area contributed by atoms with Crippen molar-refractivity contribution in [2.24, 2.45) is 5.92 Å². The van der Waals surface area contributed by atoms with Crippen LogP contribution in [-0.2, 0) is 0 Å². The minimum atomic E-state index is -1.14. The summed E-state index contributed by atoms with van der Waals surface area (Å²) in [6.45, 7) is 1.72. The van der Waals surface area contributed by atoms with Crippen LogP contribution in [0, 0.1) is 23.1 Å². The van der Waals surface area contributed by atoms with Crippen molar-refractivity contribution in [3.05, 3.63) is 41.7 Å². The van der Waals surface area contributed by atoms with Gasteiger partial charge in [0.25, 0.3) is 0 Å². The van der Waals surface area contributed by atoms with E-state index >= 15 is 0 Å². The highest BCUT2D eigenvalue weighted by Crippen LogP contribution is 2.36. The molecule has 1 saturated carbocycles. The highest BCUT2D eigenvalue weighted by atomic mass is 19.1. The molecule has 0 saturated heterocycles. The first-order valence-electron chi connectivity index (χ1n) is 9.19. The van der Waals surface area contributed by atoms with Gasteiger partial charge in [0.15, 0.2) is 17.5 Å². The molecule has 1 amide bonds. The third kappa shape index (κ3) is 5.04. The molecule has 1 aliphatic rings. The van der Waals surface area contributed by atoms with Gasteiger partial charge < -0.3 is 25.8 Å². The Hall–Kier alpha value is -3.54. The van der Waals surface area contributed by atoms with E-state index in [0.29, 0.717) is 11.4 Å². The highest BCUT2D eigenvalue weighted by molar-refractivity contribution is 5.67. The van der Waals surface area contributed by atoms with E-state index in [4.69, 9.17) is 9.84 Å². The van der Waals surface area contributed by atoms with Gasteiger partial charge in [-0.3, -0.25) is 0 Å². The van der Waals surface area contributed by atoms with Crippen molar-refractivity contribution in [3.8, 4) is 11.8 Å². The Morgan fingerprint density at radius 1 is 1.38 bits per heavy atom. The molecule has 8 nitrogen and oxygen atoms in total. The zero-order valence-corrected chi connectivity index (χ0v) is 16.1. The van der Waals surface area contributed by atoms with Crippen LogP contribution in [0.25, 0.3) is 0 Å². The smallest absolute Gasteiger partial charge is 0.404 e.